The SMILES string of the molecule is CCCC1CC(C(=O)N2CCC(n3nnc4ccccc43)CC2)NN1. The molecule has 1 amide bonds. The molecule has 2 N–H and O–H groups in total. The van der Waals surface area contributed by atoms with Gasteiger partial charge in [0.15, 0.2) is 0 Å². The Morgan fingerprint density at radius 1 is 1.24 bits per heavy atom. The first-order chi connectivity index (χ1) is 12.3. The van der Waals surface area contributed by atoms with E-state index in [0.29, 0.717) is 12.1 Å². The van der Waals surface area contributed by atoms with Crippen LogP contribution in [0.3, 0.4) is 0 Å². The second-order valence-electron chi connectivity index (χ2n) is 7.14. The molecule has 2 saturated heterocycles. The lowest BCUT2D eigenvalue weighted by Gasteiger charge is -2.33. The first-order valence-corrected chi connectivity index (χ1v) is 9.36. The van der Waals surface area contributed by atoms with Crippen LogP contribution in [0.15, 0.2) is 24.3 Å². The van der Waals surface area contributed by atoms with Gasteiger partial charge in [0, 0.05) is 19.1 Å². The summed E-state index contributed by atoms with van der Waals surface area (Å²) in [4.78, 5) is 14.7. The van der Waals surface area contributed by atoms with E-state index in [-0.39, 0.29) is 11.9 Å². The largest absolute Gasteiger partial charge is 0.341 e. The van der Waals surface area contributed by atoms with Gasteiger partial charge in [-0.1, -0.05) is 30.7 Å². The minimum atomic E-state index is -0.0831. The molecule has 1 aromatic carbocycles. The fraction of sp³-hybridized carbons (Fsp3) is 0.611. The maximum atomic E-state index is 12.7. The molecule has 0 radical (unpaired) electrons. The number of benzene rings is 1. The van der Waals surface area contributed by atoms with E-state index in [1.165, 1.54) is 0 Å². The van der Waals surface area contributed by atoms with Crippen molar-refractivity contribution in [2.24, 2.45) is 0 Å². The number of nitrogens with one attached hydrogen (secondary N) is 2. The molecule has 25 heavy (non-hydrogen) atoms. The minimum Gasteiger partial charge on any atom is -0.341 e. The Kier molecular flexibility index (Phi) is 4.67. The summed E-state index contributed by atoms with van der Waals surface area (Å²) < 4.78 is 2.03. The topological polar surface area (TPSA) is 75.1 Å². The highest BCUT2D eigenvalue weighted by atomic mass is 16.2. The maximum absolute atomic E-state index is 12.7. The molecular weight excluding hydrogens is 316 g/mol. The summed E-state index contributed by atoms with van der Waals surface area (Å²) in [6, 6.07) is 8.71. The zero-order chi connectivity index (χ0) is 17.2. The van der Waals surface area contributed by atoms with E-state index in [4.69, 9.17) is 0 Å². The van der Waals surface area contributed by atoms with Gasteiger partial charge < -0.3 is 4.90 Å². The first-order valence-electron chi connectivity index (χ1n) is 9.36. The highest BCUT2D eigenvalue weighted by Gasteiger charge is 2.34. The van der Waals surface area contributed by atoms with Crippen LogP contribution in [0.25, 0.3) is 11.0 Å². The summed E-state index contributed by atoms with van der Waals surface area (Å²) in [5, 5.41) is 8.59. The van der Waals surface area contributed by atoms with E-state index in [2.05, 4.69) is 34.2 Å². The van der Waals surface area contributed by atoms with E-state index in [0.717, 1.165) is 56.2 Å². The number of para-hydroxylation sites is 1. The second-order valence-corrected chi connectivity index (χ2v) is 7.14. The molecule has 2 atom stereocenters. The lowest BCUT2D eigenvalue weighted by Crippen LogP contribution is -2.48. The van der Waals surface area contributed by atoms with Crippen LogP contribution in [0, 0.1) is 0 Å². The summed E-state index contributed by atoms with van der Waals surface area (Å²) in [5.41, 5.74) is 8.46. The van der Waals surface area contributed by atoms with Crippen LogP contribution in [0.1, 0.15) is 45.1 Å². The number of nitrogens with zero attached hydrogens (tertiary/aromatic N) is 4. The molecule has 0 bridgehead atoms. The highest BCUT2D eigenvalue weighted by molar-refractivity contribution is 5.82. The average molecular weight is 342 g/mol. The average Bonchev–Trinajstić information content (AvgIpc) is 3.29. The number of carbonyl (C=O) groups excluding carboxylic acids is 1. The molecule has 4 rings (SSSR count). The van der Waals surface area contributed by atoms with Crippen molar-refractivity contribution in [3.63, 3.8) is 0 Å². The molecule has 7 nitrogen and oxygen atoms in total. The molecular formula is C18H26N6O. The number of aromatic nitrogens is 3. The van der Waals surface area contributed by atoms with Crippen molar-refractivity contribution < 1.29 is 4.79 Å². The molecule has 2 aromatic rings. The van der Waals surface area contributed by atoms with Crippen molar-refractivity contribution in [3.8, 4) is 0 Å². The van der Waals surface area contributed by atoms with Crippen molar-refractivity contribution in [1.29, 1.82) is 0 Å². The van der Waals surface area contributed by atoms with E-state index in [9.17, 15) is 4.79 Å². The second kappa shape index (κ2) is 7.09. The quantitative estimate of drug-likeness (QED) is 0.883. The molecule has 0 saturated carbocycles. The first kappa shape index (κ1) is 16.5. The highest BCUT2D eigenvalue weighted by Crippen LogP contribution is 2.26. The lowest BCUT2D eigenvalue weighted by atomic mass is 10.0. The van der Waals surface area contributed by atoms with Gasteiger partial charge in [0.2, 0.25) is 5.91 Å². The fourth-order valence-electron chi connectivity index (χ4n) is 4.03. The van der Waals surface area contributed by atoms with Gasteiger partial charge in [0.25, 0.3) is 0 Å². The van der Waals surface area contributed by atoms with Gasteiger partial charge in [-0.2, -0.15) is 0 Å². The van der Waals surface area contributed by atoms with Gasteiger partial charge >= 0.3 is 0 Å². The molecule has 7 heteroatoms. The zero-order valence-electron chi connectivity index (χ0n) is 14.7. The van der Waals surface area contributed by atoms with Crippen molar-refractivity contribution in [2.45, 2.75) is 57.2 Å². The summed E-state index contributed by atoms with van der Waals surface area (Å²) in [6.07, 6.45) is 4.99. The van der Waals surface area contributed by atoms with E-state index in [1.54, 1.807) is 0 Å². The van der Waals surface area contributed by atoms with Gasteiger partial charge in [-0.3, -0.25) is 10.2 Å². The van der Waals surface area contributed by atoms with Crippen molar-refractivity contribution in [3.05, 3.63) is 24.3 Å². The Hall–Kier alpha value is -1.99. The Morgan fingerprint density at radius 2 is 2.04 bits per heavy atom. The van der Waals surface area contributed by atoms with Gasteiger partial charge in [0.05, 0.1) is 11.6 Å². The Labute approximate surface area is 147 Å². The van der Waals surface area contributed by atoms with Crippen LogP contribution in [0.2, 0.25) is 0 Å². The molecule has 3 heterocycles. The zero-order valence-corrected chi connectivity index (χ0v) is 14.7. The number of hydrazine groups is 1. The summed E-state index contributed by atoms with van der Waals surface area (Å²) in [6.45, 7) is 3.75. The number of carbonyl (C=O) groups is 1. The third-order valence-corrected chi connectivity index (χ3v) is 5.42. The van der Waals surface area contributed by atoms with Crippen LogP contribution in [0.5, 0.6) is 0 Å². The van der Waals surface area contributed by atoms with Gasteiger partial charge in [-0.25, -0.2) is 10.1 Å². The van der Waals surface area contributed by atoms with Crippen LogP contribution in [-0.2, 0) is 4.79 Å². The number of hydrogen-bond acceptors (Lipinski definition) is 5. The van der Waals surface area contributed by atoms with Gasteiger partial charge in [-0.15, -0.1) is 5.10 Å². The molecule has 2 unspecified atom stereocenters. The van der Waals surface area contributed by atoms with Crippen molar-refractivity contribution in [2.75, 3.05) is 13.1 Å². The summed E-state index contributed by atoms with van der Waals surface area (Å²) in [7, 11) is 0. The minimum absolute atomic E-state index is 0.0831. The van der Waals surface area contributed by atoms with E-state index in [1.807, 2.05) is 27.8 Å². The smallest absolute Gasteiger partial charge is 0.241 e. The molecule has 0 aliphatic carbocycles. The van der Waals surface area contributed by atoms with Crippen molar-refractivity contribution in [1.82, 2.24) is 30.7 Å². The number of piperidine rings is 1. The Balaban J connectivity index is 1.36. The normalized spacial score (nSPS) is 24.9. The molecule has 1 aromatic heterocycles. The number of likely N-dealkylation sites (tertiary alicyclic amines) is 1. The number of hydrogen-bond donors (Lipinski definition) is 2. The molecule has 134 valence electrons. The predicted molar refractivity (Wildman–Crippen MR) is 95.8 cm³/mol. The number of fused-ring (bicyclic) bond motifs is 1. The third kappa shape index (κ3) is 3.26. The Bertz CT molecular complexity index is 736. The van der Waals surface area contributed by atoms with E-state index < -0.39 is 0 Å². The van der Waals surface area contributed by atoms with Crippen molar-refractivity contribution >= 4 is 16.9 Å². The number of rotatable bonds is 4. The number of amides is 1. The summed E-state index contributed by atoms with van der Waals surface area (Å²) >= 11 is 0. The third-order valence-electron chi connectivity index (χ3n) is 5.42. The maximum Gasteiger partial charge on any atom is 0.241 e. The van der Waals surface area contributed by atoms with Crippen LogP contribution in [-0.4, -0.2) is 51.0 Å². The molecule has 2 fully saturated rings. The van der Waals surface area contributed by atoms with E-state index >= 15 is 0 Å². The van der Waals surface area contributed by atoms with Gasteiger partial charge in [-0.05, 0) is 37.8 Å². The van der Waals surface area contributed by atoms with Crippen LogP contribution >= 0.6 is 0 Å². The monoisotopic (exact) mass is 342 g/mol. The molecule has 2 aliphatic heterocycles. The van der Waals surface area contributed by atoms with Crippen LogP contribution in [0.4, 0.5) is 0 Å². The molecule has 2 aliphatic rings. The summed E-state index contributed by atoms with van der Waals surface area (Å²) in [5.74, 6) is 0.230. The standard InChI is InChI=1S/C18H26N6O/c1-2-5-13-12-16(20-19-13)18(25)23-10-8-14(9-11-23)24-17-7-4-3-6-15(17)21-22-24/h3-4,6-7,13-14,16,19-20H,2,5,8-12H2,1H3. The fourth-order valence-corrected chi connectivity index (χ4v) is 4.03. The van der Waals surface area contributed by atoms with Crippen LogP contribution < -0.4 is 10.9 Å². The lowest BCUT2D eigenvalue weighted by molar-refractivity contribution is -0.134. The Morgan fingerprint density at radius 3 is 2.84 bits per heavy atom. The molecule has 0 spiro atoms. The predicted octanol–water partition coefficient (Wildman–Crippen LogP) is 1.63. The van der Waals surface area contributed by atoms with Gasteiger partial charge in [0.1, 0.15) is 11.6 Å².